The summed E-state index contributed by atoms with van der Waals surface area (Å²) in [6, 6.07) is 18.6. The van der Waals surface area contributed by atoms with E-state index in [9.17, 15) is 46.5 Å². The Labute approximate surface area is 259 Å². The number of aliphatic carboxylic acids is 3. The van der Waals surface area contributed by atoms with Crippen LogP contribution in [0.1, 0.15) is 23.1 Å². The van der Waals surface area contributed by atoms with Gasteiger partial charge in [-0.05, 0) is 56.2 Å². The van der Waals surface area contributed by atoms with Crippen molar-refractivity contribution >= 4 is 60.1 Å². The molecule has 4 rings (SSSR count). The Morgan fingerprint density at radius 1 is 0.622 bits per heavy atom. The molecule has 0 spiro atoms. The predicted octanol–water partition coefficient (Wildman–Crippen LogP) is 4.03. The van der Waals surface area contributed by atoms with E-state index < -0.39 is 57.5 Å². The van der Waals surface area contributed by atoms with Crippen molar-refractivity contribution < 1.29 is 46.5 Å². The maximum Gasteiger partial charge on any atom is 0.324 e. The quantitative estimate of drug-likeness (QED) is 0.190. The highest BCUT2D eigenvalue weighted by atomic mass is 32.2. The van der Waals surface area contributed by atoms with E-state index in [4.69, 9.17) is 0 Å². The minimum absolute atomic E-state index is 0.0162. The lowest BCUT2D eigenvalue weighted by molar-refractivity contribution is -0.137. The molecule has 0 aliphatic carbocycles. The maximum atomic E-state index is 14.0. The van der Waals surface area contributed by atoms with Crippen LogP contribution in [0.15, 0.2) is 88.7 Å². The molecular formula is C31H30N2O10S2. The molecule has 3 N–H and O–H groups in total. The molecule has 0 aliphatic rings. The number of carboxylic acid groups (broad SMARTS) is 3. The lowest BCUT2D eigenvalue weighted by atomic mass is 9.98. The topological polar surface area (TPSA) is 187 Å². The van der Waals surface area contributed by atoms with Gasteiger partial charge in [-0.15, -0.1) is 0 Å². The fourth-order valence-electron chi connectivity index (χ4n) is 4.83. The molecule has 0 fully saturated rings. The largest absolute Gasteiger partial charge is 0.481 e. The van der Waals surface area contributed by atoms with E-state index in [2.05, 4.69) is 0 Å². The number of carbonyl (C=O) groups is 3. The average molecular weight is 655 g/mol. The Balaban J connectivity index is 2.09. The second-order valence-electron chi connectivity index (χ2n) is 10.3. The van der Waals surface area contributed by atoms with E-state index in [0.717, 1.165) is 11.1 Å². The van der Waals surface area contributed by atoms with Gasteiger partial charge >= 0.3 is 17.9 Å². The molecule has 0 saturated heterocycles. The summed E-state index contributed by atoms with van der Waals surface area (Å²) in [7, 11) is -9.09. The van der Waals surface area contributed by atoms with Crippen LogP contribution in [0.2, 0.25) is 0 Å². The van der Waals surface area contributed by atoms with Crippen molar-refractivity contribution in [3.8, 4) is 0 Å². The number of anilines is 2. The summed E-state index contributed by atoms with van der Waals surface area (Å²) < 4.78 is 57.2. The van der Waals surface area contributed by atoms with Gasteiger partial charge in [-0.25, -0.2) is 16.8 Å². The lowest BCUT2D eigenvalue weighted by Crippen LogP contribution is -2.38. The van der Waals surface area contributed by atoms with Crippen molar-refractivity contribution in [2.45, 2.75) is 36.5 Å². The Morgan fingerprint density at radius 2 is 1.07 bits per heavy atom. The Bertz CT molecular complexity index is 1990. The Hall–Kier alpha value is -4.95. The molecule has 4 aromatic carbocycles. The monoisotopic (exact) mass is 654 g/mol. The molecule has 45 heavy (non-hydrogen) atoms. The molecule has 0 unspecified atom stereocenters. The highest BCUT2D eigenvalue weighted by Crippen LogP contribution is 2.42. The first-order chi connectivity index (χ1) is 21.1. The SMILES string of the molecule is Cc1ccc(S(=O)(=O)N(CC(=O)O)c2cc(CCC(=O)O)c(N(CC(=O)O)S(=O)(=O)c3ccc(C)cc3)c3ccccc23)cc1. The van der Waals surface area contributed by atoms with Gasteiger partial charge in [-0.2, -0.15) is 0 Å². The minimum atomic E-state index is -4.57. The van der Waals surface area contributed by atoms with Crippen LogP contribution in [-0.2, 0) is 40.9 Å². The van der Waals surface area contributed by atoms with Crippen molar-refractivity contribution in [2.24, 2.45) is 0 Å². The van der Waals surface area contributed by atoms with Crippen molar-refractivity contribution in [1.29, 1.82) is 0 Å². The summed E-state index contributed by atoms with van der Waals surface area (Å²) >= 11 is 0. The highest BCUT2D eigenvalue weighted by molar-refractivity contribution is 7.93. The van der Waals surface area contributed by atoms with E-state index in [-0.39, 0.29) is 43.9 Å². The van der Waals surface area contributed by atoms with Crippen LogP contribution in [0.5, 0.6) is 0 Å². The molecule has 14 heteroatoms. The van der Waals surface area contributed by atoms with E-state index >= 15 is 0 Å². The van der Waals surface area contributed by atoms with E-state index in [0.29, 0.717) is 8.61 Å². The van der Waals surface area contributed by atoms with Crippen molar-refractivity contribution in [3.63, 3.8) is 0 Å². The molecule has 236 valence electrons. The van der Waals surface area contributed by atoms with Crippen LogP contribution < -0.4 is 8.61 Å². The van der Waals surface area contributed by atoms with Crippen LogP contribution in [0.4, 0.5) is 11.4 Å². The summed E-state index contributed by atoms with van der Waals surface area (Å²) in [5, 5.41) is 29.3. The van der Waals surface area contributed by atoms with Gasteiger partial charge in [0, 0.05) is 17.2 Å². The first kappa shape index (κ1) is 33.0. The fourth-order valence-corrected chi connectivity index (χ4v) is 7.73. The van der Waals surface area contributed by atoms with E-state index in [1.165, 1.54) is 66.7 Å². The molecule has 0 radical (unpaired) electrons. The zero-order valence-electron chi connectivity index (χ0n) is 24.2. The molecule has 0 saturated carbocycles. The smallest absolute Gasteiger partial charge is 0.324 e. The summed E-state index contributed by atoms with van der Waals surface area (Å²) in [6.45, 7) is 1.44. The number of rotatable bonds is 13. The van der Waals surface area contributed by atoms with Crippen LogP contribution in [-0.4, -0.2) is 63.2 Å². The van der Waals surface area contributed by atoms with Gasteiger partial charge in [0.2, 0.25) is 0 Å². The molecule has 0 aliphatic heterocycles. The average Bonchev–Trinajstić information content (AvgIpc) is 2.97. The number of hydrogen-bond donors (Lipinski definition) is 3. The third kappa shape index (κ3) is 7.07. The standard InChI is InChI=1S/C31H30N2O10S2/c1-20-7-12-23(13-8-20)44(40,41)32(18-29(36)37)27-17-22(11-16-28(34)35)31(26-6-4-3-5-25(26)27)33(19-30(38)39)45(42,43)24-14-9-21(2)10-15-24/h3-10,12-15,17H,11,16,18-19H2,1-2H3,(H,34,35)(H,36,37)(H,38,39). The molecule has 0 atom stereocenters. The number of aryl methyl sites for hydroxylation is 3. The molecular weight excluding hydrogens is 624 g/mol. The molecule has 0 heterocycles. The van der Waals surface area contributed by atoms with Crippen molar-refractivity contribution in [3.05, 3.63) is 95.6 Å². The summed E-state index contributed by atoms with van der Waals surface area (Å²) in [5.41, 5.74) is 1.18. The normalized spacial score (nSPS) is 11.7. The second-order valence-corrected chi connectivity index (χ2v) is 14.0. The maximum absolute atomic E-state index is 14.0. The Morgan fingerprint density at radius 3 is 1.53 bits per heavy atom. The first-order valence-corrected chi connectivity index (χ1v) is 16.4. The Kier molecular flexibility index (Phi) is 9.49. The van der Waals surface area contributed by atoms with Gasteiger partial charge in [0.15, 0.2) is 0 Å². The molecule has 12 nitrogen and oxygen atoms in total. The van der Waals surface area contributed by atoms with Crippen LogP contribution >= 0.6 is 0 Å². The molecule has 0 aromatic heterocycles. The van der Waals surface area contributed by atoms with Gasteiger partial charge < -0.3 is 15.3 Å². The van der Waals surface area contributed by atoms with Gasteiger partial charge in [-0.1, -0.05) is 59.7 Å². The minimum Gasteiger partial charge on any atom is -0.481 e. The number of fused-ring (bicyclic) bond motifs is 1. The number of carboxylic acids is 3. The van der Waals surface area contributed by atoms with Crippen molar-refractivity contribution in [1.82, 2.24) is 0 Å². The third-order valence-electron chi connectivity index (χ3n) is 6.98. The predicted molar refractivity (Wildman–Crippen MR) is 167 cm³/mol. The van der Waals surface area contributed by atoms with E-state index in [1.807, 2.05) is 0 Å². The number of benzene rings is 4. The molecule has 0 amide bonds. The summed E-state index contributed by atoms with van der Waals surface area (Å²) in [6.07, 6.45) is -0.868. The first-order valence-electron chi connectivity index (χ1n) is 13.5. The second kappa shape index (κ2) is 13.0. The van der Waals surface area contributed by atoms with Crippen LogP contribution in [0.25, 0.3) is 10.8 Å². The van der Waals surface area contributed by atoms with Crippen LogP contribution in [0.3, 0.4) is 0 Å². The number of nitrogens with zero attached hydrogens (tertiary/aromatic N) is 2. The zero-order valence-corrected chi connectivity index (χ0v) is 25.9. The summed E-state index contributed by atoms with van der Waals surface area (Å²) in [5.74, 6) is -4.24. The third-order valence-corrected chi connectivity index (χ3v) is 10.5. The molecule has 4 aromatic rings. The van der Waals surface area contributed by atoms with Gasteiger partial charge in [0.05, 0.1) is 21.2 Å². The fraction of sp³-hybridized carbons (Fsp3) is 0.194. The lowest BCUT2D eigenvalue weighted by Gasteiger charge is -2.30. The van der Waals surface area contributed by atoms with Crippen LogP contribution in [0, 0.1) is 13.8 Å². The highest BCUT2D eigenvalue weighted by Gasteiger charge is 2.34. The summed E-state index contributed by atoms with van der Waals surface area (Å²) in [4.78, 5) is 35.4. The number of hydrogen-bond acceptors (Lipinski definition) is 7. The van der Waals surface area contributed by atoms with E-state index in [1.54, 1.807) is 26.0 Å². The van der Waals surface area contributed by atoms with Crippen molar-refractivity contribution in [2.75, 3.05) is 21.7 Å². The number of sulfonamides is 2. The van der Waals surface area contributed by atoms with Gasteiger partial charge in [-0.3, -0.25) is 23.0 Å². The van der Waals surface area contributed by atoms with Gasteiger partial charge in [0.25, 0.3) is 20.0 Å². The zero-order chi connectivity index (χ0) is 33.1. The molecule has 0 bridgehead atoms. The van der Waals surface area contributed by atoms with Gasteiger partial charge in [0.1, 0.15) is 13.1 Å².